The molecule has 0 unspecified atom stereocenters. The van der Waals surface area contributed by atoms with E-state index in [0.717, 1.165) is 30.7 Å². The maximum absolute atomic E-state index is 12.8. The Balaban J connectivity index is 1.48. The summed E-state index contributed by atoms with van der Waals surface area (Å²) in [5.74, 6) is 0.553. The molecule has 0 atom stereocenters. The van der Waals surface area contributed by atoms with Crippen molar-refractivity contribution in [1.82, 2.24) is 19.4 Å². The normalized spacial score (nSPS) is 11.4. The molecule has 0 spiro atoms. The first-order valence-electron chi connectivity index (χ1n) is 9.55. The van der Waals surface area contributed by atoms with Crippen molar-refractivity contribution >= 4 is 11.6 Å². The van der Waals surface area contributed by atoms with Gasteiger partial charge < -0.3 is 5.32 Å². The lowest BCUT2D eigenvalue weighted by atomic mass is 10.1. The van der Waals surface area contributed by atoms with Gasteiger partial charge in [0.15, 0.2) is 0 Å². The number of hydrogen-bond acceptors (Lipinski definition) is 5. The third kappa shape index (κ3) is 4.64. The summed E-state index contributed by atoms with van der Waals surface area (Å²) < 4.78 is 40.3. The number of anilines is 1. The predicted octanol–water partition coefficient (Wildman–Crippen LogP) is 4.73. The molecule has 3 aromatic heterocycles. The van der Waals surface area contributed by atoms with Gasteiger partial charge in [-0.25, -0.2) is 9.97 Å². The number of benzene rings is 1. The fourth-order valence-corrected chi connectivity index (χ4v) is 3.13. The van der Waals surface area contributed by atoms with Gasteiger partial charge in [-0.05, 0) is 37.1 Å². The summed E-state index contributed by atoms with van der Waals surface area (Å²) in [6.07, 6.45) is 2.08. The first kappa shape index (κ1) is 20.3. The summed E-state index contributed by atoms with van der Waals surface area (Å²) in [4.78, 5) is 13.1. The molecule has 0 saturated carbocycles. The first-order valence-corrected chi connectivity index (χ1v) is 9.55. The van der Waals surface area contributed by atoms with Crippen LogP contribution < -0.4 is 5.32 Å². The van der Waals surface area contributed by atoms with Crippen LogP contribution in [0, 0.1) is 11.3 Å². The number of nitriles is 1. The number of nitrogens with one attached hydrogen (secondary N) is 1. The lowest BCUT2D eigenvalue weighted by Gasteiger charge is -2.11. The molecular weight excluding hydrogens is 405 g/mol. The number of aryl methyl sites for hydroxylation is 1. The Labute approximate surface area is 176 Å². The molecule has 0 fully saturated rings. The third-order valence-corrected chi connectivity index (χ3v) is 4.74. The highest BCUT2D eigenvalue weighted by molar-refractivity contribution is 5.66. The topological polar surface area (TPSA) is 78.9 Å². The van der Waals surface area contributed by atoms with E-state index in [1.54, 1.807) is 35.1 Å². The standard InChI is InChI=1S/C22H17F3N6/c23-22(24,25)17-6-4-16(5-7-17)19-12-20-27-10-11-31(20)21(30-19)28-9-1-2-18-8-3-15(13-26)14-29-18/h3-8,10-12,14H,1-2,9H2,(H,28,30). The Morgan fingerprint density at radius 1 is 1.06 bits per heavy atom. The Bertz CT molecular complexity index is 1220. The van der Waals surface area contributed by atoms with E-state index in [2.05, 4.69) is 20.3 Å². The second-order valence-corrected chi connectivity index (χ2v) is 6.88. The van der Waals surface area contributed by atoms with Gasteiger partial charge in [0, 0.05) is 42.5 Å². The number of fused-ring (bicyclic) bond motifs is 1. The molecule has 1 N–H and O–H groups in total. The Kier molecular flexibility index (Phi) is 5.54. The van der Waals surface area contributed by atoms with Crippen LogP contribution in [-0.4, -0.2) is 25.9 Å². The molecule has 0 radical (unpaired) electrons. The number of alkyl halides is 3. The molecule has 4 aromatic rings. The van der Waals surface area contributed by atoms with E-state index in [4.69, 9.17) is 5.26 Å². The minimum atomic E-state index is -4.38. The van der Waals surface area contributed by atoms with E-state index in [1.165, 1.54) is 12.1 Å². The van der Waals surface area contributed by atoms with Gasteiger partial charge in [-0.15, -0.1) is 0 Å². The van der Waals surface area contributed by atoms with Crippen molar-refractivity contribution in [3.05, 3.63) is 77.9 Å². The molecule has 0 aliphatic rings. The van der Waals surface area contributed by atoms with Crippen LogP contribution in [0.25, 0.3) is 16.9 Å². The van der Waals surface area contributed by atoms with Gasteiger partial charge in [-0.3, -0.25) is 9.38 Å². The molecule has 9 heteroatoms. The van der Waals surface area contributed by atoms with Crippen LogP contribution in [-0.2, 0) is 12.6 Å². The zero-order valence-electron chi connectivity index (χ0n) is 16.3. The Hall–Kier alpha value is -3.93. The third-order valence-electron chi connectivity index (χ3n) is 4.74. The maximum atomic E-state index is 12.8. The van der Waals surface area contributed by atoms with Crippen molar-refractivity contribution in [2.75, 3.05) is 11.9 Å². The SMILES string of the molecule is N#Cc1ccc(CCCNc2nc(-c3ccc(C(F)(F)F)cc3)cc3nccn23)nc1. The highest BCUT2D eigenvalue weighted by atomic mass is 19.4. The van der Waals surface area contributed by atoms with Gasteiger partial charge in [-0.1, -0.05) is 12.1 Å². The van der Waals surface area contributed by atoms with E-state index in [9.17, 15) is 13.2 Å². The number of nitrogens with zero attached hydrogens (tertiary/aromatic N) is 5. The van der Waals surface area contributed by atoms with Gasteiger partial charge >= 0.3 is 6.18 Å². The van der Waals surface area contributed by atoms with Crippen LogP contribution in [0.3, 0.4) is 0 Å². The number of pyridine rings is 1. The highest BCUT2D eigenvalue weighted by Gasteiger charge is 2.30. The molecule has 4 rings (SSSR count). The number of aromatic nitrogens is 4. The number of imidazole rings is 1. The van der Waals surface area contributed by atoms with Crippen LogP contribution in [0.4, 0.5) is 19.1 Å². The Morgan fingerprint density at radius 3 is 2.55 bits per heavy atom. The molecule has 156 valence electrons. The zero-order chi connectivity index (χ0) is 21.8. The van der Waals surface area contributed by atoms with Crippen molar-refractivity contribution < 1.29 is 13.2 Å². The van der Waals surface area contributed by atoms with Gasteiger partial charge in [0.25, 0.3) is 0 Å². The summed E-state index contributed by atoms with van der Waals surface area (Å²) in [7, 11) is 0. The van der Waals surface area contributed by atoms with Gasteiger partial charge in [0.2, 0.25) is 5.95 Å². The van der Waals surface area contributed by atoms with Crippen molar-refractivity contribution in [1.29, 1.82) is 5.26 Å². The molecule has 0 aliphatic heterocycles. The lowest BCUT2D eigenvalue weighted by Crippen LogP contribution is -2.10. The van der Waals surface area contributed by atoms with Crippen LogP contribution >= 0.6 is 0 Å². The molecule has 1 aromatic carbocycles. The number of halogens is 3. The van der Waals surface area contributed by atoms with Crippen molar-refractivity contribution in [3.63, 3.8) is 0 Å². The Morgan fingerprint density at radius 2 is 1.87 bits per heavy atom. The van der Waals surface area contributed by atoms with E-state index in [1.807, 2.05) is 12.1 Å². The number of hydrogen-bond donors (Lipinski definition) is 1. The van der Waals surface area contributed by atoms with Gasteiger partial charge in [0.1, 0.15) is 11.7 Å². The molecular formula is C22H17F3N6. The van der Waals surface area contributed by atoms with E-state index < -0.39 is 11.7 Å². The van der Waals surface area contributed by atoms with E-state index in [-0.39, 0.29) is 0 Å². The highest BCUT2D eigenvalue weighted by Crippen LogP contribution is 2.31. The average molecular weight is 422 g/mol. The molecule has 0 saturated heterocycles. The minimum Gasteiger partial charge on any atom is -0.355 e. The van der Waals surface area contributed by atoms with Crippen LogP contribution in [0.2, 0.25) is 0 Å². The fourth-order valence-electron chi connectivity index (χ4n) is 3.13. The van der Waals surface area contributed by atoms with E-state index >= 15 is 0 Å². The van der Waals surface area contributed by atoms with Crippen LogP contribution in [0.5, 0.6) is 0 Å². The molecule has 0 amide bonds. The molecule has 6 nitrogen and oxygen atoms in total. The second-order valence-electron chi connectivity index (χ2n) is 6.88. The quantitative estimate of drug-likeness (QED) is 0.455. The largest absolute Gasteiger partial charge is 0.416 e. The van der Waals surface area contributed by atoms with Crippen molar-refractivity contribution in [3.8, 4) is 17.3 Å². The first-order chi connectivity index (χ1) is 14.9. The minimum absolute atomic E-state index is 0.522. The van der Waals surface area contributed by atoms with Crippen molar-refractivity contribution in [2.24, 2.45) is 0 Å². The summed E-state index contributed by atoms with van der Waals surface area (Å²) in [5, 5.41) is 12.1. The van der Waals surface area contributed by atoms with Gasteiger partial charge in [0.05, 0.1) is 16.8 Å². The fraction of sp³-hybridized carbons (Fsp3) is 0.182. The predicted molar refractivity (Wildman–Crippen MR) is 109 cm³/mol. The monoisotopic (exact) mass is 422 g/mol. The summed E-state index contributed by atoms with van der Waals surface area (Å²) in [6.45, 7) is 0.610. The smallest absolute Gasteiger partial charge is 0.355 e. The lowest BCUT2D eigenvalue weighted by molar-refractivity contribution is -0.137. The van der Waals surface area contributed by atoms with Gasteiger partial charge in [-0.2, -0.15) is 18.4 Å². The van der Waals surface area contributed by atoms with Crippen LogP contribution in [0.15, 0.2) is 61.1 Å². The summed E-state index contributed by atoms with van der Waals surface area (Å²) >= 11 is 0. The number of rotatable bonds is 6. The summed E-state index contributed by atoms with van der Waals surface area (Å²) in [6, 6.07) is 12.2. The van der Waals surface area contributed by atoms with Crippen LogP contribution in [0.1, 0.15) is 23.2 Å². The molecule has 0 aliphatic carbocycles. The molecule has 3 heterocycles. The van der Waals surface area contributed by atoms with E-state index in [0.29, 0.717) is 35.0 Å². The van der Waals surface area contributed by atoms with Crippen molar-refractivity contribution in [2.45, 2.75) is 19.0 Å². The average Bonchev–Trinajstić information content (AvgIpc) is 3.25. The zero-order valence-corrected chi connectivity index (χ0v) is 16.3. The summed E-state index contributed by atoms with van der Waals surface area (Å²) in [5.41, 5.74) is 2.45. The molecule has 31 heavy (non-hydrogen) atoms. The second kappa shape index (κ2) is 8.44. The maximum Gasteiger partial charge on any atom is 0.416 e. The molecule has 0 bridgehead atoms.